The lowest BCUT2D eigenvalue weighted by Gasteiger charge is -2.22. The van der Waals surface area contributed by atoms with E-state index in [9.17, 15) is 9.90 Å². The van der Waals surface area contributed by atoms with Gasteiger partial charge >= 0.3 is 0 Å². The first kappa shape index (κ1) is 13.9. The number of ether oxygens (including phenoxy) is 1. The fraction of sp³-hybridized carbons (Fsp3) is 0.500. The smallest absolute Gasteiger partial charge is 0.165 e. The van der Waals surface area contributed by atoms with E-state index < -0.39 is 6.10 Å². The van der Waals surface area contributed by atoms with Gasteiger partial charge in [-0.15, -0.1) is 0 Å². The van der Waals surface area contributed by atoms with Crippen LogP contribution in [0.4, 0.5) is 0 Å². The molecule has 0 aliphatic heterocycles. The van der Waals surface area contributed by atoms with Gasteiger partial charge in [0.15, 0.2) is 5.78 Å². The molecule has 0 aliphatic carbocycles. The van der Waals surface area contributed by atoms with E-state index in [-0.39, 0.29) is 11.4 Å². The number of rotatable bonds is 6. The summed E-state index contributed by atoms with van der Waals surface area (Å²) in [6, 6.07) is 8.98. The predicted octanol–water partition coefficient (Wildman–Crippen LogP) is 2.49. The minimum atomic E-state index is -1.02. The first-order valence-electron chi connectivity index (χ1n) is 5.77. The minimum absolute atomic E-state index is 0.165. The number of ketones is 1. The Bertz CT molecular complexity index is 357. The van der Waals surface area contributed by atoms with Gasteiger partial charge in [-0.2, -0.15) is 0 Å². The van der Waals surface area contributed by atoms with Crippen molar-refractivity contribution < 1.29 is 14.6 Å². The third-order valence-electron chi connectivity index (χ3n) is 2.95. The number of Topliss-reactive ketones (excluding diaryl/α,β-unsaturated/α-hetero) is 1. The molecule has 1 N–H and O–H groups in total. The van der Waals surface area contributed by atoms with Gasteiger partial charge in [0, 0.05) is 13.5 Å². The van der Waals surface area contributed by atoms with E-state index in [1.165, 1.54) is 0 Å². The molecule has 1 aromatic rings. The van der Waals surface area contributed by atoms with Gasteiger partial charge in [0.25, 0.3) is 0 Å². The quantitative estimate of drug-likeness (QED) is 0.825. The standard InChI is InChI=1S/C14H20O3/c1-14(2,17-3)10-9-12(15)13(16)11-7-5-4-6-8-11/h4-8,13,16H,9-10H2,1-3H3. The van der Waals surface area contributed by atoms with Crippen LogP contribution in [0.2, 0.25) is 0 Å². The van der Waals surface area contributed by atoms with Gasteiger partial charge in [0.1, 0.15) is 6.10 Å². The molecule has 0 fully saturated rings. The number of benzene rings is 1. The number of hydrogen-bond donors (Lipinski definition) is 1. The Balaban J connectivity index is 2.54. The van der Waals surface area contributed by atoms with Gasteiger partial charge < -0.3 is 9.84 Å². The van der Waals surface area contributed by atoms with Crippen LogP contribution < -0.4 is 0 Å². The Hall–Kier alpha value is -1.19. The van der Waals surface area contributed by atoms with Crippen molar-refractivity contribution in [3.05, 3.63) is 35.9 Å². The second-order valence-corrected chi connectivity index (χ2v) is 4.74. The number of aliphatic hydroxyl groups is 1. The van der Waals surface area contributed by atoms with Crippen LogP contribution in [0.15, 0.2) is 30.3 Å². The minimum Gasteiger partial charge on any atom is -0.381 e. The van der Waals surface area contributed by atoms with Gasteiger partial charge in [-0.05, 0) is 25.8 Å². The number of methoxy groups -OCH3 is 1. The third kappa shape index (κ3) is 4.29. The fourth-order valence-corrected chi connectivity index (χ4v) is 1.48. The van der Waals surface area contributed by atoms with Gasteiger partial charge in [0.05, 0.1) is 5.60 Å². The number of carbonyl (C=O) groups is 1. The molecule has 0 heterocycles. The van der Waals surface area contributed by atoms with Crippen LogP contribution in [-0.2, 0) is 9.53 Å². The highest BCUT2D eigenvalue weighted by atomic mass is 16.5. The Labute approximate surface area is 102 Å². The van der Waals surface area contributed by atoms with Crippen molar-refractivity contribution in [1.82, 2.24) is 0 Å². The third-order valence-corrected chi connectivity index (χ3v) is 2.95. The van der Waals surface area contributed by atoms with E-state index >= 15 is 0 Å². The monoisotopic (exact) mass is 236 g/mol. The van der Waals surface area contributed by atoms with E-state index in [0.717, 1.165) is 0 Å². The van der Waals surface area contributed by atoms with Crippen molar-refractivity contribution >= 4 is 5.78 Å². The molecule has 17 heavy (non-hydrogen) atoms. The van der Waals surface area contributed by atoms with Crippen LogP contribution in [-0.4, -0.2) is 23.6 Å². The average molecular weight is 236 g/mol. The first-order chi connectivity index (χ1) is 7.96. The topological polar surface area (TPSA) is 46.5 Å². The van der Waals surface area contributed by atoms with E-state index in [2.05, 4.69) is 0 Å². The largest absolute Gasteiger partial charge is 0.381 e. The second-order valence-electron chi connectivity index (χ2n) is 4.74. The van der Waals surface area contributed by atoms with E-state index in [1.54, 1.807) is 19.2 Å². The Kier molecular flexibility index (Phi) is 4.85. The highest BCUT2D eigenvalue weighted by Gasteiger charge is 2.22. The van der Waals surface area contributed by atoms with Crippen molar-refractivity contribution in [1.29, 1.82) is 0 Å². The van der Waals surface area contributed by atoms with E-state index in [1.807, 2.05) is 32.0 Å². The van der Waals surface area contributed by atoms with Crippen LogP contribution in [0.1, 0.15) is 38.4 Å². The SMILES string of the molecule is COC(C)(C)CCC(=O)C(O)c1ccccc1. The van der Waals surface area contributed by atoms with Crippen molar-refractivity contribution in [2.75, 3.05) is 7.11 Å². The van der Waals surface area contributed by atoms with Crippen LogP contribution in [0.5, 0.6) is 0 Å². The second kappa shape index (κ2) is 5.94. The Morgan fingerprint density at radius 3 is 2.47 bits per heavy atom. The van der Waals surface area contributed by atoms with Crippen molar-refractivity contribution in [3.8, 4) is 0 Å². The van der Waals surface area contributed by atoms with E-state index in [0.29, 0.717) is 18.4 Å². The maximum Gasteiger partial charge on any atom is 0.165 e. The van der Waals surface area contributed by atoms with Crippen LogP contribution in [0.25, 0.3) is 0 Å². The van der Waals surface area contributed by atoms with Gasteiger partial charge in [-0.25, -0.2) is 0 Å². The highest BCUT2D eigenvalue weighted by molar-refractivity contribution is 5.84. The molecule has 0 amide bonds. The summed E-state index contributed by atoms with van der Waals surface area (Å²) in [4.78, 5) is 11.8. The predicted molar refractivity (Wildman–Crippen MR) is 66.7 cm³/mol. The molecule has 1 rings (SSSR count). The summed E-state index contributed by atoms with van der Waals surface area (Å²) < 4.78 is 5.24. The molecule has 0 radical (unpaired) electrons. The summed E-state index contributed by atoms with van der Waals surface area (Å²) in [5.41, 5.74) is 0.319. The summed E-state index contributed by atoms with van der Waals surface area (Å²) in [5, 5.41) is 9.87. The Morgan fingerprint density at radius 1 is 1.35 bits per heavy atom. The zero-order valence-corrected chi connectivity index (χ0v) is 10.6. The number of hydrogen-bond acceptors (Lipinski definition) is 3. The molecule has 0 bridgehead atoms. The molecule has 0 saturated heterocycles. The maximum absolute atomic E-state index is 11.8. The molecule has 0 aromatic heterocycles. The van der Waals surface area contributed by atoms with Gasteiger partial charge in [-0.3, -0.25) is 4.79 Å². The molecular weight excluding hydrogens is 216 g/mol. The van der Waals surface area contributed by atoms with Crippen LogP contribution in [0, 0.1) is 0 Å². The molecule has 1 unspecified atom stereocenters. The van der Waals surface area contributed by atoms with Crippen molar-refractivity contribution in [2.45, 2.75) is 38.4 Å². The molecule has 0 aliphatic rings. The molecule has 0 saturated carbocycles. The van der Waals surface area contributed by atoms with Crippen LogP contribution >= 0.6 is 0 Å². The number of carbonyl (C=O) groups excluding carboxylic acids is 1. The zero-order chi connectivity index (χ0) is 12.9. The molecule has 3 nitrogen and oxygen atoms in total. The summed E-state index contributed by atoms with van der Waals surface area (Å²) >= 11 is 0. The summed E-state index contributed by atoms with van der Waals surface area (Å²) in [6.45, 7) is 3.85. The molecular formula is C14H20O3. The summed E-state index contributed by atoms with van der Waals surface area (Å²) in [6.07, 6.45) is -0.104. The fourth-order valence-electron chi connectivity index (χ4n) is 1.48. The zero-order valence-electron chi connectivity index (χ0n) is 10.6. The Morgan fingerprint density at radius 2 is 1.94 bits per heavy atom. The van der Waals surface area contributed by atoms with E-state index in [4.69, 9.17) is 4.74 Å². The molecule has 1 atom stereocenters. The van der Waals surface area contributed by atoms with Crippen molar-refractivity contribution in [3.63, 3.8) is 0 Å². The maximum atomic E-state index is 11.8. The molecule has 1 aromatic carbocycles. The first-order valence-corrected chi connectivity index (χ1v) is 5.77. The normalized spacial score (nSPS) is 13.4. The van der Waals surface area contributed by atoms with Crippen LogP contribution in [0.3, 0.4) is 0 Å². The van der Waals surface area contributed by atoms with Gasteiger partial charge in [0.2, 0.25) is 0 Å². The van der Waals surface area contributed by atoms with Gasteiger partial charge in [-0.1, -0.05) is 30.3 Å². The molecule has 3 heteroatoms. The average Bonchev–Trinajstić information content (AvgIpc) is 2.36. The summed E-state index contributed by atoms with van der Waals surface area (Å²) in [5.74, 6) is -0.165. The lowest BCUT2D eigenvalue weighted by atomic mass is 9.96. The lowest BCUT2D eigenvalue weighted by molar-refractivity contribution is -0.128. The molecule has 0 spiro atoms. The number of aliphatic hydroxyl groups excluding tert-OH is 1. The lowest BCUT2D eigenvalue weighted by Crippen LogP contribution is -2.24. The molecule has 94 valence electrons. The van der Waals surface area contributed by atoms with Crippen molar-refractivity contribution in [2.24, 2.45) is 0 Å². The highest BCUT2D eigenvalue weighted by Crippen LogP contribution is 2.20. The summed E-state index contributed by atoms with van der Waals surface area (Å²) in [7, 11) is 1.62.